The summed E-state index contributed by atoms with van der Waals surface area (Å²) in [5, 5.41) is 3.81. The van der Waals surface area contributed by atoms with Gasteiger partial charge in [0.15, 0.2) is 0 Å². The van der Waals surface area contributed by atoms with Crippen molar-refractivity contribution in [1.82, 2.24) is 5.43 Å². The Morgan fingerprint density at radius 1 is 0.971 bits per heavy atom. The van der Waals surface area contributed by atoms with Gasteiger partial charge in [-0.05, 0) is 36.4 Å². The van der Waals surface area contributed by atoms with Crippen LogP contribution in [0.4, 0.5) is 18.9 Å². The number of rotatable bonds is 7. The van der Waals surface area contributed by atoms with Crippen molar-refractivity contribution in [3.8, 4) is 0 Å². The highest BCUT2D eigenvalue weighted by molar-refractivity contribution is 7.92. The van der Waals surface area contributed by atoms with Crippen molar-refractivity contribution < 1.29 is 26.4 Å². The first-order valence-electron chi connectivity index (χ1n) is 9.51. The molecule has 3 rings (SSSR count). The molecule has 0 bridgehead atoms. The first-order chi connectivity index (χ1) is 16.0. The van der Waals surface area contributed by atoms with Gasteiger partial charge >= 0.3 is 6.18 Å². The standard InChI is InChI=1S/C22H16Cl2F3N3O3S/c23-18-9-5-4-6-15(18)13-28-29-21(31)14-30(34(32,33)17-7-2-1-3-8-17)20-12-16(22(25,26)27)10-11-19(20)24/h1-13H,14H2,(H,29,31)/b28-13+. The number of carbonyl (C=O) groups is 1. The Morgan fingerprint density at radius 3 is 2.26 bits per heavy atom. The molecule has 3 aromatic rings. The number of amides is 1. The van der Waals surface area contributed by atoms with Gasteiger partial charge in [0, 0.05) is 10.6 Å². The fraction of sp³-hybridized carbons (Fsp3) is 0.0909. The highest BCUT2D eigenvalue weighted by atomic mass is 35.5. The quantitative estimate of drug-likeness (QED) is 0.330. The fourth-order valence-corrected chi connectivity index (χ4v) is 4.73. The zero-order valence-electron chi connectivity index (χ0n) is 17.1. The van der Waals surface area contributed by atoms with Crippen molar-refractivity contribution in [3.63, 3.8) is 0 Å². The lowest BCUT2D eigenvalue weighted by molar-refractivity contribution is -0.137. The van der Waals surface area contributed by atoms with Gasteiger partial charge < -0.3 is 0 Å². The summed E-state index contributed by atoms with van der Waals surface area (Å²) >= 11 is 12.1. The summed E-state index contributed by atoms with van der Waals surface area (Å²) in [6.07, 6.45) is -3.52. The minimum atomic E-state index is -4.76. The maximum Gasteiger partial charge on any atom is 0.416 e. The van der Waals surface area contributed by atoms with Crippen molar-refractivity contribution in [2.75, 3.05) is 10.8 Å². The maximum absolute atomic E-state index is 13.3. The highest BCUT2D eigenvalue weighted by Gasteiger charge is 2.34. The molecule has 0 radical (unpaired) electrons. The zero-order chi connectivity index (χ0) is 24.9. The van der Waals surface area contributed by atoms with E-state index in [0.29, 0.717) is 27.0 Å². The number of benzene rings is 3. The number of carbonyl (C=O) groups excluding carboxylic acids is 1. The van der Waals surface area contributed by atoms with Crippen LogP contribution < -0.4 is 9.73 Å². The van der Waals surface area contributed by atoms with Crippen molar-refractivity contribution in [2.45, 2.75) is 11.1 Å². The number of hydrogen-bond donors (Lipinski definition) is 1. The number of sulfonamides is 1. The third kappa shape index (κ3) is 6.07. The van der Waals surface area contributed by atoms with Crippen LogP contribution in [0.25, 0.3) is 0 Å². The van der Waals surface area contributed by atoms with Gasteiger partial charge in [-0.3, -0.25) is 9.10 Å². The van der Waals surface area contributed by atoms with E-state index in [2.05, 4.69) is 10.5 Å². The van der Waals surface area contributed by atoms with Crippen LogP contribution in [0.1, 0.15) is 11.1 Å². The van der Waals surface area contributed by atoms with E-state index in [1.165, 1.54) is 30.5 Å². The average Bonchev–Trinajstić information content (AvgIpc) is 2.79. The van der Waals surface area contributed by atoms with Gasteiger partial charge in [0.2, 0.25) is 0 Å². The molecule has 0 unspecified atom stereocenters. The summed E-state index contributed by atoms with van der Waals surface area (Å²) in [6, 6.07) is 15.8. The van der Waals surface area contributed by atoms with Crippen LogP contribution in [0.5, 0.6) is 0 Å². The molecular formula is C22H16Cl2F3N3O3S. The molecule has 0 heterocycles. The van der Waals surface area contributed by atoms with Crippen LogP contribution in [0.15, 0.2) is 82.8 Å². The second-order valence-electron chi connectivity index (χ2n) is 6.80. The van der Waals surface area contributed by atoms with E-state index in [1.807, 2.05) is 0 Å². The Bertz CT molecular complexity index is 1320. The van der Waals surface area contributed by atoms with E-state index < -0.39 is 39.9 Å². The molecule has 0 atom stereocenters. The van der Waals surface area contributed by atoms with Gasteiger partial charge in [0.05, 0.1) is 27.4 Å². The second kappa shape index (κ2) is 10.5. The minimum absolute atomic E-state index is 0.240. The molecule has 0 aromatic heterocycles. The predicted molar refractivity (Wildman–Crippen MR) is 125 cm³/mol. The summed E-state index contributed by atoms with van der Waals surface area (Å²) in [7, 11) is -4.47. The number of hydrazone groups is 1. The summed E-state index contributed by atoms with van der Waals surface area (Å²) in [4.78, 5) is 12.3. The van der Waals surface area contributed by atoms with Crippen LogP contribution in [0, 0.1) is 0 Å². The van der Waals surface area contributed by atoms with Gasteiger partial charge in [0.25, 0.3) is 15.9 Å². The molecule has 34 heavy (non-hydrogen) atoms. The van der Waals surface area contributed by atoms with Gasteiger partial charge in [-0.2, -0.15) is 18.3 Å². The topological polar surface area (TPSA) is 78.8 Å². The minimum Gasteiger partial charge on any atom is -0.271 e. The number of hydrogen-bond acceptors (Lipinski definition) is 4. The molecular weight excluding hydrogens is 514 g/mol. The first-order valence-corrected chi connectivity index (χ1v) is 11.7. The summed E-state index contributed by atoms with van der Waals surface area (Å²) in [5.74, 6) is -0.920. The van der Waals surface area contributed by atoms with Crippen molar-refractivity contribution >= 4 is 51.0 Å². The molecule has 1 amide bonds. The fourth-order valence-electron chi connectivity index (χ4n) is 2.82. The Kier molecular flexibility index (Phi) is 7.86. The Labute approximate surface area is 203 Å². The number of nitrogens with zero attached hydrogens (tertiary/aromatic N) is 2. The number of halogens is 5. The molecule has 0 spiro atoms. The van der Waals surface area contributed by atoms with Crippen LogP contribution in [-0.4, -0.2) is 27.1 Å². The van der Waals surface area contributed by atoms with E-state index in [0.717, 1.165) is 6.07 Å². The van der Waals surface area contributed by atoms with Crippen LogP contribution in [-0.2, 0) is 21.0 Å². The molecule has 0 aliphatic carbocycles. The van der Waals surface area contributed by atoms with Gasteiger partial charge in [-0.25, -0.2) is 13.8 Å². The largest absolute Gasteiger partial charge is 0.416 e. The lowest BCUT2D eigenvalue weighted by atomic mass is 10.2. The monoisotopic (exact) mass is 529 g/mol. The predicted octanol–water partition coefficient (Wildman–Crippen LogP) is 5.36. The van der Waals surface area contributed by atoms with E-state index >= 15 is 0 Å². The summed E-state index contributed by atoms with van der Waals surface area (Å²) in [5.41, 5.74) is 0.996. The lowest BCUT2D eigenvalue weighted by Gasteiger charge is -2.25. The molecule has 0 fully saturated rings. The number of nitrogens with one attached hydrogen (secondary N) is 1. The van der Waals surface area contributed by atoms with Crippen LogP contribution in [0.2, 0.25) is 10.0 Å². The zero-order valence-corrected chi connectivity index (χ0v) is 19.5. The van der Waals surface area contributed by atoms with Crippen molar-refractivity contribution in [1.29, 1.82) is 0 Å². The lowest BCUT2D eigenvalue weighted by Crippen LogP contribution is -2.40. The van der Waals surface area contributed by atoms with Crippen LogP contribution in [0.3, 0.4) is 0 Å². The van der Waals surface area contributed by atoms with Gasteiger partial charge in [0.1, 0.15) is 6.54 Å². The van der Waals surface area contributed by atoms with Crippen molar-refractivity contribution in [2.24, 2.45) is 5.10 Å². The Hall–Kier alpha value is -3.08. The number of alkyl halides is 3. The van der Waals surface area contributed by atoms with Gasteiger partial charge in [-0.15, -0.1) is 0 Å². The summed E-state index contributed by atoms with van der Waals surface area (Å²) < 4.78 is 66.9. The van der Waals surface area contributed by atoms with E-state index in [4.69, 9.17) is 23.2 Å². The molecule has 178 valence electrons. The molecule has 0 aliphatic heterocycles. The van der Waals surface area contributed by atoms with E-state index in [-0.39, 0.29) is 9.92 Å². The normalized spacial score (nSPS) is 12.0. The highest BCUT2D eigenvalue weighted by Crippen LogP contribution is 2.37. The Balaban J connectivity index is 1.97. The van der Waals surface area contributed by atoms with E-state index in [9.17, 15) is 26.4 Å². The number of anilines is 1. The third-order valence-electron chi connectivity index (χ3n) is 4.46. The first kappa shape index (κ1) is 25.5. The summed E-state index contributed by atoms with van der Waals surface area (Å²) in [6.45, 7) is -0.891. The van der Waals surface area contributed by atoms with Crippen LogP contribution >= 0.6 is 23.2 Å². The SMILES string of the molecule is O=C(CN(c1cc(C(F)(F)F)ccc1Cl)S(=O)(=O)c1ccccc1)N/N=C/c1ccccc1Cl. The van der Waals surface area contributed by atoms with Gasteiger partial charge in [-0.1, -0.05) is 59.6 Å². The molecule has 6 nitrogen and oxygen atoms in total. The van der Waals surface area contributed by atoms with Crippen molar-refractivity contribution in [3.05, 3.63) is 94.0 Å². The molecule has 0 aliphatic rings. The second-order valence-corrected chi connectivity index (χ2v) is 9.48. The Morgan fingerprint density at radius 2 is 1.62 bits per heavy atom. The maximum atomic E-state index is 13.3. The molecule has 0 saturated carbocycles. The molecule has 1 N–H and O–H groups in total. The molecule has 12 heteroatoms. The third-order valence-corrected chi connectivity index (χ3v) is 6.90. The average molecular weight is 530 g/mol. The smallest absolute Gasteiger partial charge is 0.271 e. The van der Waals surface area contributed by atoms with E-state index in [1.54, 1.807) is 30.3 Å². The molecule has 3 aromatic carbocycles. The molecule has 0 saturated heterocycles.